The summed E-state index contributed by atoms with van der Waals surface area (Å²) in [6.07, 6.45) is 1.36. The first-order valence-corrected chi connectivity index (χ1v) is 8.44. The number of rotatable bonds is 7. The minimum absolute atomic E-state index is 0.151. The van der Waals surface area contributed by atoms with Crippen LogP contribution in [0, 0.1) is 0 Å². The second kappa shape index (κ2) is 8.39. The molecule has 1 aliphatic rings. The third-order valence-electron chi connectivity index (χ3n) is 3.66. The van der Waals surface area contributed by atoms with Crippen LogP contribution in [0.25, 0.3) is 0 Å². The minimum atomic E-state index is 0.151. The van der Waals surface area contributed by atoms with Crippen LogP contribution in [-0.2, 0) is 6.42 Å². The minimum Gasteiger partial charge on any atom is -0.487 e. The lowest BCUT2D eigenvalue weighted by atomic mass is 10.1. The topological polar surface area (TPSA) is 33.7 Å². The average Bonchev–Trinajstić information content (AvgIpc) is 2.47. The smallest absolute Gasteiger partial charge is 0.161 e. The van der Waals surface area contributed by atoms with Crippen molar-refractivity contribution in [2.45, 2.75) is 46.3 Å². The normalized spacial score (nSPS) is 16.3. The van der Waals surface area contributed by atoms with Gasteiger partial charge in [0.15, 0.2) is 11.5 Å². The number of nitrogens with zero attached hydrogens (tertiary/aromatic N) is 1. The van der Waals surface area contributed by atoms with Crippen molar-refractivity contribution in [2.75, 3.05) is 32.7 Å². The van der Waals surface area contributed by atoms with Gasteiger partial charge in [-0.15, -0.1) is 0 Å². The summed E-state index contributed by atoms with van der Waals surface area (Å²) in [6.45, 7) is 13.8. The summed E-state index contributed by atoms with van der Waals surface area (Å²) in [5, 5.41) is 3.39. The Morgan fingerprint density at radius 1 is 1.00 bits per heavy atom. The Labute approximate surface area is 134 Å². The lowest BCUT2D eigenvalue weighted by Crippen LogP contribution is -2.44. The fraction of sp³-hybridized carbons (Fsp3) is 0.667. The highest BCUT2D eigenvalue weighted by Crippen LogP contribution is 2.30. The van der Waals surface area contributed by atoms with Gasteiger partial charge in [-0.25, -0.2) is 0 Å². The van der Waals surface area contributed by atoms with E-state index in [9.17, 15) is 0 Å². The van der Waals surface area contributed by atoms with Crippen LogP contribution in [0.3, 0.4) is 0 Å². The molecule has 0 aromatic heterocycles. The summed E-state index contributed by atoms with van der Waals surface area (Å²) in [6, 6.07) is 6.35. The van der Waals surface area contributed by atoms with E-state index in [2.05, 4.69) is 22.3 Å². The second-order valence-electron chi connectivity index (χ2n) is 6.46. The van der Waals surface area contributed by atoms with Crippen molar-refractivity contribution in [1.29, 1.82) is 0 Å². The summed E-state index contributed by atoms with van der Waals surface area (Å²) in [5.74, 6) is 1.70. The van der Waals surface area contributed by atoms with E-state index in [1.807, 2.05) is 33.8 Å². The Hall–Kier alpha value is -1.26. The van der Waals surface area contributed by atoms with Gasteiger partial charge in [0.2, 0.25) is 0 Å². The van der Waals surface area contributed by atoms with Gasteiger partial charge < -0.3 is 19.7 Å². The molecule has 0 bridgehead atoms. The van der Waals surface area contributed by atoms with E-state index in [0.717, 1.165) is 50.6 Å². The molecule has 0 unspecified atom stereocenters. The van der Waals surface area contributed by atoms with Gasteiger partial charge >= 0.3 is 0 Å². The van der Waals surface area contributed by atoms with Crippen LogP contribution < -0.4 is 14.8 Å². The summed E-state index contributed by atoms with van der Waals surface area (Å²) < 4.78 is 11.8. The van der Waals surface area contributed by atoms with Gasteiger partial charge in [0.05, 0.1) is 12.2 Å². The molecule has 124 valence electrons. The first kappa shape index (κ1) is 17.1. The monoisotopic (exact) mass is 306 g/mol. The Balaban J connectivity index is 2.01. The van der Waals surface area contributed by atoms with Crippen LogP contribution in [0.4, 0.5) is 0 Å². The third kappa shape index (κ3) is 5.50. The van der Waals surface area contributed by atoms with Crippen molar-refractivity contribution in [3.8, 4) is 11.5 Å². The molecule has 0 spiro atoms. The van der Waals surface area contributed by atoms with Crippen LogP contribution >= 0.6 is 0 Å². The molecule has 4 heteroatoms. The predicted molar refractivity (Wildman–Crippen MR) is 91.0 cm³/mol. The third-order valence-corrected chi connectivity index (χ3v) is 3.66. The maximum Gasteiger partial charge on any atom is 0.161 e. The van der Waals surface area contributed by atoms with Gasteiger partial charge in [-0.1, -0.05) is 6.07 Å². The van der Waals surface area contributed by atoms with Crippen molar-refractivity contribution in [2.24, 2.45) is 0 Å². The van der Waals surface area contributed by atoms with Crippen LogP contribution in [0.15, 0.2) is 18.2 Å². The van der Waals surface area contributed by atoms with Crippen LogP contribution in [0.1, 0.15) is 33.3 Å². The van der Waals surface area contributed by atoms with Gasteiger partial charge in [0.25, 0.3) is 0 Å². The zero-order chi connectivity index (χ0) is 15.9. The fourth-order valence-electron chi connectivity index (χ4n) is 2.63. The first-order valence-electron chi connectivity index (χ1n) is 8.44. The summed E-state index contributed by atoms with van der Waals surface area (Å²) in [5.41, 5.74) is 1.31. The highest BCUT2D eigenvalue weighted by Gasteiger charge is 2.12. The molecule has 4 nitrogen and oxygen atoms in total. The lowest BCUT2D eigenvalue weighted by molar-refractivity contribution is 0.198. The van der Waals surface area contributed by atoms with Crippen LogP contribution in [-0.4, -0.2) is 49.8 Å². The molecule has 22 heavy (non-hydrogen) atoms. The van der Waals surface area contributed by atoms with Gasteiger partial charge in [-0.2, -0.15) is 0 Å². The van der Waals surface area contributed by atoms with E-state index in [0.29, 0.717) is 0 Å². The highest BCUT2D eigenvalue weighted by atomic mass is 16.5. The first-order chi connectivity index (χ1) is 10.5. The van der Waals surface area contributed by atoms with Crippen molar-refractivity contribution in [1.82, 2.24) is 10.2 Å². The van der Waals surface area contributed by atoms with Gasteiger partial charge in [0.1, 0.15) is 0 Å². The van der Waals surface area contributed by atoms with E-state index in [1.165, 1.54) is 5.56 Å². The van der Waals surface area contributed by atoms with E-state index >= 15 is 0 Å². The Kier molecular flexibility index (Phi) is 6.52. The zero-order valence-corrected chi connectivity index (χ0v) is 14.4. The number of ether oxygens (including phenoxy) is 2. The molecule has 0 aliphatic carbocycles. The molecule has 1 heterocycles. The zero-order valence-electron chi connectivity index (χ0n) is 14.4. The molecule has 1 fully saturated rings. The second-order valence-corrected chi connectivity index (χ2v) is 6.46. The standard InChI is InChI=1S/C18H30N2O2/c1-14(2)21-17-6-5-16(13-18(17)22-15(3)4)7-10-20-11-8-19-9-12-20/h5-6,13-15,19H,7-12H2,1-4H3. The van der Waals surface area contributed by atoms with E-state index in [4.69, 9.17) is 9.47 Å². The quantitative estimate of drug-likeness (QED) is 0.840. The molecule has 1 aliphatic heterocycles. The van der Waals surface area contributed by atoms with Gasteiger partial charge in [-0.3, -0.25) is 0 Å². The SMILES string of the molecule is CC(C)Oc1ccc(CCN2CCNCC2)cc1OC(C)C. The number of piperazine rings is 1. The Morgan fingerprint density at radius 2 is 1.64 bits per heavy atom. The molecular formula is C18H30N2O2. The van der Waals surface area contributed by atoms with Gasteiger partial charge in [0, 0.05) is 32.7 Å². The van der Waals surface area contributed by atoms with Crippen molar-refractivity contribution < 1.29 is 9.47 Å². The van der Waals surface area contributed by atoms with Gasteiger partial charge in [-0.05, 0) is 51.8 Å². The maximum atomic E-state index is 5.93. The molecular weight excluding hydrogens is 276 g/mol. The highest BCUT2D eigenvalue weighted by molar-refractivity contribution is 5.43. The van der Waals surface area contributed by atoms with E-state index < -0.39 is 0 Å². The Morgan fingerprint density at radius 3 is 2.27 bits per heavy atom. The maximum absolute atomic E-state index is 5.93. The number of hydrogen-bond donors (Lipinski definition) is 1. The number of nitrogens with one attached hydrogen (secondary N) is 1. The summed E-state index contributed by atoms with van der Waals surface area (Å²) in [7, 11) is 0. The molecule has 0 radical (unpaired) electrons. The molecule has 0 saturated carbocycles. The predicted octanol–water partition coefficient (Wildman–Crippen LogP) is 2.71. The number of benzene rings is 1. The van der Waals surface area contributed by atoms with E-state index in [1.54, 1.807) is 0 Å². The largest absolute Gasteiger partial charge is 0.487 e. The fourth-order valence-corrected chi connectivity index (χ4v) is 2.63. The summed E-state index contributed by atoms with van der Waals surface area (Å²) in [4.78, 5) is 2.51. The molecule has 2 rings (SSSR count). The molecule has 1 aromatic carbocycles. The Bertz CT molecular complexity index is 454. The van der Waals surface area contributed by atoms with Crippen LogP contribution in [0.2, 0.25) is 0 Å². The lowest BCUT2D eigenvalue weighted by Gasteiger charge is -2.27. The van der Waals surface area contributed by atoms with Crippen molar-refractivity contribution in [3.63, 3.8) is 0 Å². The molecule has 1 saturated heterocycles. The molecule has 1 aromatic rings. The van der Waals surface area contributed by atoms with E-state index in [-0.39, 0.29) is 12.2 Å². The average molecular weight is 306 g/mol. The van der Waals surface area contributed by atoms with Crippen molar-refractivity contribution >= 4 is 0 Å². The summed E-state index contributed by atoms with van der Waals surface area (Å²) >= 11 is 0. The molecule has 0 atom stereocenters. The molecule has 1 N–H and O–H groups in total. The molecule has 0 amide bonds. The van der Waals surface area contributed by atoms with Crippen molar-refractivity contribution in [3.05, 3.63) is 23.8 Å². The number of hydrogen-bond acceptors (Lipinski definition) is 4. The van der Waals surface area contributed by atoms with Crippen LogP contribution in [0.5, 0.6) is 11.5 Å².